The Morgan fingerprint density at radius 3 is 2.33 bits per heavy atom. The van der Waals surface area contributed by atoms with Crippen molar-refractivity contribution in [3.63, 3.8) is 0 Å². The van der Waals surface area contributed by atoms with Gasteiger partial charge in [-0.25, -0.2) is 9.48 Å². The SMILES string of the molecule is C[C@@H](OCc1ccccc1)[C@H](NC(=O)c1ccc2ccccc2c1OCc1cnn(-c2ccccc2)c1)C(=O)O. The molecule has 0 saturated heterocycles. The molecule has 5 rings (SSSR count). The number of aliphatic carboxylic acids is 1. The number of nitrogens with zero attached hydrogens (tertiary/aromatic N) is 2. The second-order valence-electron chi connectivity index (χ2n) is 9.37. The van der Waals surface area contributed by atoms with Gasteiger partial charge in [-0.1, -0.05) is 78.9 Å². The molecular formula is C32H29N3O5. The van der Waals surface area contributed by atoms with Gasteiger partial charge < -0.3 is 19.9 Å². The molecule has 40 heavy (non-hydrogen) atoms. The first-order valence-corrected chi connectivity index (χ1v) is 12.9. The van der Waals surface area contributed by atoms with Gasteiger partial charge in [-0.3, -0.25) is 4.79 Å². The lowest BCUT2D eigenvalue weighted by molar-refractivity contribution is -0.143. The first kappa shape index (κ1) is 26.6. The van der Waals surface area contributed by atoms with Crippen LogP contribution >= 0.6 is 0 Å². The van der Waals surface area contributed by atoms with E-state index in [1.165, 1.54) is 0 Å². The molecule has 8 nitrogen and oxygen atoms in total. The maximum Gasteiger partial charge on any atom is 0.328 e. The van der Waals surface area contributed by atoms with Crippen LogP contribution in [0.25, 0.3) is 16.5 Å². The minimum atomic E-state index is -1.26. The Bertz CT molecular complexity index is 1600. The van der Waals surface area contributed by atoms with Gasteiger partial charge in [0.15, 0.2) is 6.04 Å². The Kier molecular flexibility index (Phi) is 8.18. The van der Waals surface area contributed by atoms with Crippen LogP contribution in [0.1, 0.15) is 28.4 Å². The summed E-state index contributed by atoms with van der Waals surface area (Å²) in [4.78, 5) is 25.6. The zero-order chi connectivity index (χ0) is 27.9. The van der Waals surface area contributed by atoms with Crippen molar-refractivity contribution < 1.29 is 24.2 Å². The normalized spacial score (nSPS) is 12.5. The molecule has 0 unspecified atom stereocenters. The number of rotatable bonds is 11. The Labute approximate surface area is 231 Å². The predicted molar refractivity (Wildman–Crippen MR) is 151 cm³/mol. The van der Waals surface area contributed by atoms with Crippen LogP contribution in [0.15, 0.2) is 109 Å². The van der Waals surface area contributed by atoms with E-state index in [0.717, 1.165) is 27.6 Å². The van der Waals surface area contributed by atoms with E-state index in [1.54, 1.807) is 23.9 Å². The fourth-order valence-corrected chi connectivity index (χ4v) is 4.39. The second kappa shape index (κ2) is 12.3. The van der Waals surface area contributed by atoms with Gasteiger partial charge in [-0.2, -0.15) is 5.10 Å². The third-order valence-electron chi connectivity index (χ3n) is 6.54. The van der Waals surface area contributed by atoms with Crippen LogP contribution in [0.3, 0.4) is 0 Å². The summed E-state index contributed by atoms with van der Waals surface area (Å²) in [5.41, 5.74) is 2.87. The number of hydrogen-bond donors (Lipinski definition) is 2. The van der Waals surface area contributed by atoms with Crippen molar-refractivity contribution in [3.05, 3.63) is 126 Å². The van der Waals surface area contributed by atoms with Crippen molar-refractivity contribution in [3.8, 4) is 11.4 Å². The van der Waals surface area contributed by atoms with Gasteiger partial charge in [0.25, 0.3) is 5.91 Å². The molecule has 4 aromatic carbocycles. The third kappa shape index (κ3) is 6.19. The molecule has 0 aliphatic rings. The Hall–Kier alpha value is -4.95. The maximum atomic E-state index is 13.5. The summed E-state index contributed by atoms with van der Waals surface area (Å²) < 4.78 is 13.8. The van der Waals surface area contributed by atoms with E-state index in [1.807, 2.05) is 97.2 Å². The first-order valence-electron chi connectivity index (χ1n) is 12.9. The molecule has 202 valence electrons. The molecule has 1 amide bonds. The number of carbonyl (C=O) groups excluding carboxylic acids is 1. The molecular weight excluding hydrogens is 506 g/mol. The number of carbonyl (C=O) groups is 2. The van der Waals surface area contributed by atoms with Crippen LogP contribution in [0, 0.1) is 0 Å². The van der Waals surface area contributed by atoms with Gasteiger partial charge in [0, 0.05) is 17.1 Å². The van der Waals surface area contributed by atoms with Gasteiger partial charge in [0.2, 0.25) is 0 Å². The zero-order valence-corrected chi connectivity index (χ0v) is 21.9. The number of para-hydroxylation sites is 1. The van der Waals surface area contributed by atoms with Crippen molar-refractivity contribution in [1.29, 1.82) is 0 Å². The molecule has 1 heterocycles. The number of aromatic nitrogens is 2. The summed E-state index contributed by atoms with van der Waals surface area (Å²) in [7, 11) is 0. The average Bonchev–Trinajstić information content (AvgIpc) is 3.47. The van der Waals surface area contributed by atoms with Crippen molar-refractivity contribution >= 4 is 22.6 Å². The molecule has 0 saturated carbocycles. The highest BCUT2D eigenvalue weighted by molar-refractivity contribution is 6.05. The number of carboxylic acids is 1. The number of ether oxygens (including phenoxy) is 2. The molecule has 8 heteroatoms. The largest absolute Gasteiger partial charge is 0.487 e. The van der Waals surface area contributed by atoms with E-state index >= 15 is 0 Å². The van der Waals surface area contributed by atoms with Gasteiger partial charge in [0.1, 0.15) is 12.4 Å². The number of amides is 1. The number of fused-ring (bicyclic) bond motifs is 1. The summed E-state index contributed by atoms with van der Waals surface area (Å²) in [6.45, 7) is 2.02. The molecule has 1 aromatic heterocycles. The summed E-state index contributed by atoms with van der Waals surface area (Å²) in [5, 5.41) is 18.6. The summed E-state index contributed by atoms with van der Waals surface area (Å²) in [6, 6.07) is 28.9. The Balaban J connectivity index is 1.35. The number of benzene rings is 4. The van der Waals surface area contributed by atoms with Crippen molar-refractivity contribution in [2.24, 2.45) is 0 Å². The summed E-state index contributed by atoms with van der Waals surface area (Å²) in [6.07, 6.45) is 2.80. The van der Waals surface area contributed by atoms with Crippen LogP contribution in [-0.2, 0) is 22.7 Å². The van der Waals surface area contributed by atoms with Crippen LogP contribution in [0.2, 0.25) is 0 Å². The van der Waals surface area contributed by atoms with Crippen LogP contribution in [0.4, 0.5) is 0 Å². The van der Waals surface area contributed by atoms with Crippen LogP contribution in [-0.4, -0.2) is 38.9 Å². The van der Waals surface area contributed by atoms with Gasteiger partial charge in [-0.15, -0.1) is 0 Å². The molecule has 0 radical (unpaired) electrons. The molecule has 0 aliphatic carbocycles. The minimum absolute atomic E-state index is 0.167. The number of nitrogens with one attached hydrogen (secondary N) is 1. The number of carboxylic acid groups (broad SMARTS) is 1. The van der Waals surface area contributed by atoms with E-state index in [4.69, 9.17) is 9.47 Å². The smallest absolute Gasteiger partial charge is 0.328 e. The highest BCUT2D eigenvalue weighted by atomic mass is 16.5. The highest BCUT2D eigenvalue weighted by Crippen LogP contribution is 2.31. The average molecular weight is 536 g/mol. The first-order chi connectivity index (χ1) is 19.5. The van der Waals surface area contributed by atoms with E-state index < -0.39 is 24.0 Å². The van der Waals surface area contributed by atoms with E-state index in [-0.39, 0.29) is 18.8 Å². The standard InChI is InChI=1S/C32H29N3O5/c1-22(39-20-23-10-4-2-5-11-23)29(32(37)38)34-31(36)28-17-16-25-12-8-9-15-27(25)30(28)40-21-24-18-33-35(19-24)26-13-6-3-7-14-26/h2-19,22,29H,20-21H2,1H3,(H,34,36)(H,37,38)/t22-,29+/m1/s1. The number of hydrogen-bond acceptors (Lipinski definition) is 5. The Morgan fingerprint density at radius 2 is 1.57 bits per heavy atom. The quantitative estimate of drug-likeness (QED) is 0.235. The predicted octanol–water partition coefficient (Wildman–Crippen LogP) is 5.39. The molecule has 0 spiro atoms. The lowest BCUT2D eigenvalue weighted by atomic mass is 10.0. The summed E-state index contributed by atoms with van der Waals surface area (Å²) >= 11 is 0. The fourth-order valence-electron chi connectivity index (χ4n) is 4.39. The van der Waals surface area contributed by atoms with Gasteiger partial charge >= 0.3 is 5.97 Å². The highest BCUT2D eigenvalue weighted by Gasteiger charge is 2.29. The maximum absolute atomic E-state index is 13.5. The van der Waals surface area contributed by atoms with Crippen LogP contribution < -0.4 is 10.1 Å². The van der Waals surface area contributed by atoms with Crippen molar-refractivity contribution in [1.82, 2.24) is 15.1 Å². The van der Waals surface area contributed by atoms with Crippen LogP contribution in [0.5, 0.6) is 5.75 Å². The molecule has 0 bridgehead atoms. The minimum Gasteiger partial charge on any atom is -0.487 e. The molecule has 2 N–H and O–H groups in total. The van der Waals surface area contributed by atoms with Crippen molar-refractivity contribution in [2.75, 3.05) is 0 Å². The third-order valence-corrected chi connectivity index (χ3v) is 6.54. The topological polar surface area (TPSA) is 103 Å². The molecule has 0 fully saturated rings. The van der Waals surface area contributed by atoms with Gasteiger partial charge in [0.05, 0.1) is 30.2 Å². The van der Waals surface area contributed by atoms with E-state index in [2.05, 4.69) is 10.4 Å². The van der Waals surface area contributed by atoms with E-state index in [9.17, 15) is 14.7 Å². The van der Waals surface area contributed by atoms with E-state index in [0.29, 0.717) is 5.75 Å². The molecule has 2 atom stereocenters. The van der Waals surface area contributed by atoms with Gasteiger partial charge in [-0.05, 0) is 36.1 Å². The lowest BCUT2D eigenvalue weighted by Gasteiger charge is -2.23. The molecule has 0 aliphatic heterocycles. The monoisotopic (exact) mass is 535 g/mol. The second-order valence-corrected chi connectivity index (χ2v) is 9.37. The van der Waals surface area contributed by atoms with Crippen molar-refractivity contribution in [2.45, 2.75) is 32.3 Å². The Morgan fingerprint density at radius 1 is 0.875 bits per heavy atom. The zero-order valence-electron chi connectivity index (χ0n) is 21.9. The summed E-state index contributed by atoms with van der Waals surface area (Å²) in [5.74, 6) is -1.39. The fraction of sp³-hybridized carbons (Fsp3) is 0.156. The lowest BCUT2D eigenvalue weighted by Crippen LogP contribution is -2.48. The molecule has 5 aromatic rings.